The molecule has 0 saturated heterocycles. The van der Waals surface area contributed by atoms with Gasteiger partial charge in [0.2, 0.25) is 0 Å². The first-order chi connectivity index (χ1) is 8.70. The van der Waals surface area contributed by atoms with E-state index in [-0.39, 0.29) is 0 Å². The lowest BCUT2D eigenvalue weighted by Gasteiger charge is -2.09. The van der Waals surface area contributed by atoms with Crippen LogP contribution in [0.5, 0.6) is 0 Å². The van der Waals surface area contributed by atoms with Gasteiger partial charge in [-0.05, 0) is 6.42 Å². The van der Waals surface area contributed by atoms with E-state index in [1.807, 2.05) is 7.05 Å². The highest BCUT2D eigenvalue weighted by atomic mass is 35.5. The summed E-state index contributed by atoms with van der Waals surface area (Å²) in [4.78, 5) is 12.3. The molecule has 7 heteroatoms. The van der Waals surface area contributed by atoms with Gasteiger partial charge in [-0.3, -0.25) is 4.68 Å². The summed E-state index contributed by atoms with van der Waals surface area (Å²) < 4.78 is 1.66. The molecule has 0 aliphatic carbocycles. The van der Waals surface area contributed by atoms with Gasteiger partial charge in [0, 0.05) is 12.6 Å². The first-order valence-electron chi connectivity index (χ1n) is 5.78. The van der Waals surface area contributed by atoms with E-state index in [4.69, 9.17) is 11.6 Å². The molecular formula is C11H15ClN6. The van der Waals surface area contributed by atoms with Crippen molar-refractivity contribution in [3.8, 4) is 0 Å². The zero-order valence-electron chi connectivity index (χ0n) is 10.4. The zero-order valence-corrected chi connectivity index (χ0v) is 11.1. The average Bonchev–Trinajstić information content (AvgIpc) is 2.76. The number of rotatable bonds is 5. The largest absolute Gasteiger partial charge is 0.362 e. The van der Waals surface area contributed by atoms with Gasteiger partial charge in [-0.2, -0.15) is 5.10 Å². The van der Waals surface area contributed by atoms with Crippen molar-refractivity contribution in [2.75, 3.05) is 5.32 Å². The molecule has 0 aromatic carbocycles. The Morgan fingerprint density at radius 2 is 2.17 bits per heavy atom. The van der Waals surface area contributed by atoms with Crippen LogP contribution in [0.15, 0.2) is 12.7 Å². The molecule has 0 unspecified atom stereocenters. The van der Waals surface area contributed by atoms with Gasteiger partial charge in [0.05, 0.1) is 6.54 Å². The van der Waals surface area contributed by atoms with Gasteiger partial charge < -0.3 is 5.32 Å². The minimum Gasteiger partial charge on any atom is -0.362 e. The van der Waals surface area contributed by atoms with Crippen molar-refractivity contribution in [3.63, 3.8) is 0 Å². The summed E-state index contributed by atoms with van der Waals surface area (Å²) >= 11 is 6.07. The third kappa shape index (κ3) is 2.95. The van der Waals surface area contributed by atoms with Crippen LogP contribution < -0.4 is 5.32 Å². The number of halogens is 1. The lowest BCUT2D eigenvalue weighted by atomic mass is 10.2. The Hall–Kier alpha value is -1.69. The van der Waals surface area contributed by atoms with Crippen LogP contribution in [0.2, 0.25) is 5.15 Å². The van der Waals surface area contributed by atoms with Gasteiger partial charge in [-0.25, -0.2) is 15.0 Å². The summed E-state index contributed by atoms with van der Waals surface area (Å²) in [6, 6.07) is 0. The van der Waals surface area contributed by atoms with Crippen molar-refractivity contribution >= 4 is 17.4 Å². The summed E-state index contributed by atoms with van der Waals surface area (Å²) in [5, 5.41) is 7.89. The number of anilines is 1. The van der Waals surface area contributed by atoms with E-state index in [0.29, 0.717) is 11.7 Å². The van der Waals surface area contributed by atoms with Crippen LogP contribution >= 0.6 is 11.6 Å². The van der Waals surface area contributed by atoms with E-state index in [9.17, 15) is 0 Å². The second-order valence-corrected chi connectivity index (χ2v) is 4.29. The Morgan fingerprint density at radius 1 is 1.33 bits per heavy atom. The molecule has 96 valence electrons. The van der Waals surface area contributed by atoms with Gasteiger partial charge in [-0.15, -0.1) is 0 Å². The monoisotopic (exact) mass is 266 g/mol. The SMILES string of the molecule is CCCc1c(Cl)ncnc1NCc1ncn(C)n1. The first-order valence-corrected chi connectivity index (χ1v) is 6.16. The predicted molar refractivity (Wildman–Crippen MR) is 69.4 cm³/mol. The van der Waals surface area contributed by atoms with Crippen molar-refractivity contribution in [1.29, 1.82) is 0 Å². The lowest BCUT2D eigenvalue weighted by molar-refractivity contribution is 0.746. The Morgan fingerprint density at radius 3 is 2.83 bits per heavy atom. The molecule has 0 fully saturated rings. The lowest BCUT2D eigenvalue weighted by Crippen LogP contribution is -2.07. The number of nitrogens with one attached hydrogen (secondary N) is 1. The van der Waals surface area contributed by atoms with Crippen molar-refractivity contribution < 1.29 is 0 Å². The minimum absolute atomic E-state index is 0.503. The van der Waals surface area contributed by atoms with Crippen LogP contribution in [0.1, 0.15) is 24.7 Å². The van der Waals surface area contributed by atoms with E-state index in [1.165, 1.54) is 6.33 Å². The molecule has 2 aromatic heterocycles. The average molecular weight is 267 g/mol. The summed E-state index contributed by atoms with van der Waals surface area (Å²) in [6.07, 6.45) is 4.95. The van der Waals surface area contributed by atoms with Crippen molar-refractivity contribution in [3.05, 3.63) is 29.2 Å². The van der Waals surface area contributed by atoms with Crippen LogP contribution in [0.4, 0.5) is 5.82 Å². The number of aryl methyl sites for hydroxylation is 1. The number of hydrogen-bond acceptors (Lipinski definition) is 5. The number of hydrogen-bond donors (Lipinski definition) is 1. The third-order valence-corrected chi connectivity index (χ3v) is 2.78. The predicted octanol–water partition coefficient (Wildman–Crippen LogP) is 1.82. The van der Waals surface area contributed by atoms with Crippen molar-refractivity contribution in [1.82, 2.24) is 24.7 Å². The molecule has 0 aliphatic rings. The fourth-order valence-electron chi connectivity index (χ4n) is 1.64. The Balaban J connectivity index is 2.11. The highest BCUT2D eigenvalue weighted by Gasteiger charge is 2.09. The molecule has 18 heavy (non-hydrogen) atoms. The summed E-state index contributed by atoms with van der Waals surface area (Å²) in [7, 11) is 1.83. The first kappa shape index (κ1) is 12.8. The van der Waals surface area contributed by atoms with Gasteiger partial charge >= 0.3 is 0 Å². The van der Waals surface area contributed by atoms with Gasteiger partial charge in [0.1, 0.15) is 23.6 Å². The number of nitrogens with zero attached hydrogens (tertiary/aromatic N) is 5. The van der Waals surface area contributed by atoms with E-state index >= 15 is 0 Å². The molecule has 0 bridgehead atoms. The normalized spacial score (nSPS) is 10.6. The van der Waals surface area contributed by atoms with E-state index in [2.05, 4.69) is 32.3 Å². The fourth-order valence-corrected chi connectivity index (χ4v) is 1.87. The van der Waals surface area contributed by atoms with Crippen LogP contribution in [0.25, 0.3) is 0 Å². The van der Waals surface area contributed by atoms with E-state index in [0.717, 1.165) is 30.0 Å². The highest BCUT2D eigenvalue weighted by Crippen LogP contribution is 2.21. The molecule has 0 saturated carbocycles. The fraction of sp³-hybridized carbons (Fsp3) is 0.455. The molecule has 0 amide bonds. The van der Waals surface area contributed by atoms with Crippen molar-refractivity contribution in [2.45, 2.75) is 26.3 Å². The summed E-state index contributed by atoms with van der Waals surface area (Å²) in [6.45, 7) is 2.61. The molecule has 0 atom stereocenters. The minimum atomic E-state index is 0.503. The number of aromatic nitrogens is 5. The quantitative estimate of drug-likeness (QED) is 0.836. The van der Waals surface area contributed by atoms with Crippen LogP contribution in [0.3, 0.4) is 0 Å². The molecule has 2 rings (SSSR count). The molecule has 0 radical (unpaired) electrons. The molecular weight excluding hydrogens is 252 g/mol. The second kappa shape index (κ2) is 5.77. The topological polar surface area (TPSA) is 68.5 Å². The standard InChI is InChI=1S/C11H15ClN6/c1-3-4-8-10(12)14-6-15-11(8)13-5-9-16-7-18(2)17-9/h6-7H,3-5H2,1-2H3,(H,13,14,15). The maximum absolute atomic E-state index is 6.07. The Labute approximate surface area is 110 Å². The summed E-state index contributed by atoms with van der Waals surface area (Å²) in [5.41, 5.74) is 0.942. The molecule has 2 heterocycles. The van der Waals surface area contributed by atoms with Gasteiger partial charge in [0.15, 0.2) is 5.82 Å². The Bertz CT molecular complexity index is 524. The molecule has 2 aromatic rings. The smallest absolute Gasteiger partial charge is 0.169 e. The van der Waals surface area contributed by atoms with Crippen LogP contribution in [-0.4, -0.2) is 24.7 Å². The summed E-state index contributed by atoms with van der Waals surface area (Å²) in [5.74, 6) is 1.47. The van der Waals surface area contributed by atoms with Crippen LogP contribution in [0, 0.1) is 0 Å². The molecule has 6 nitrogen and oxygen atoms in total. The molecule has 0 aliphatic heterocycles. The maximum atomic E-state index is 6.07. The zero-order chi connectivity index (χ0) is 13.0. The molecule has 1 N–H and O–H groups in total. The van der Waals surface area contributed by atoms with Gasteiger partial charge in [0.25, 0.3) is 0 Å². The second-order valence-electron chi connectivity index (χ2n) is 3.93. The van der Waals surface area contributed by atoms with E-state index in [1.54, 1.807) is 11.0 Å². The van der Waals surface area contributed by atoms with Gasteiger partial charge in [-0.1, -0.05) is 24.9 Å². The third-order valence-electron chi connectivity index (χ3n) is 2.45. The molecule has 0 spiro atoms. The Kier molecular flexibility index (Phi) is 4.09. The highest BCUT2D eigenvalue weighted by molar-refractivity contribution is 6.30. The maximum Gasteiger partial charge on any atom is 0.169 e. The van der Waals surface area contributed by atoms with Crippen LogP contribution in [-0.2, 0) is 20.0 Å². The van der Waals surface area contributed by atoms with Crippen molar-refractivity contribution in [2.24, 2.45) is 7.05 Å². The van der Waals surface area contributed by atoms with E-state index < -0.39 is 0 Å².